The fraction of sp³-hybridized carbons (Fsp3) is 0.0556. The molecule has 0 radical (unpaired) electrons. The number of hydrogen-bond acceptors (Lipinski definition) is 4. The van der Waals surface area contributed by atoms with Gasteiger partial charge in [-0.15, -0.1) is 11.3 Å². The zero-order valence-corrected chi connectivity index (χ0v) is 13.9. The van der Waals surface area contributed by atoms with Gasteiger partial charge in [-0.25, -0.2) is 18.7 Å². The van der Waals surface area contributed by atoms with Gasteiger partial charge in [0, 0.05) is 11.8 Å². The van der Waals surface area contributed by atoms with Gasteiger partial charge in [-0.2, -0.15) is 5.10 Å². The molecule has 1 aromatic carbocycles. The van der Waals surface area contributed by atoms with Gasteiger partial charge in [0.05, 0.1) is 22.5 Å². The zero-order chi connectivity index (χ0) is 17.6. The van der Waals surface area contributed by atoms with E-state index >= 15 is 0 Å². The molecule has 0 spiro atoms. The molecule has 0 unspecified atom stereocenters. The molecule has 0 saturated carbocycles. The number of nitrogens with zero attached hydrogens (tertiary/aromatic N) is 3. The predicted molar refractivity (Wildman–Crippen MR) is 93.4 cm³/mol. The summed E-state index contributed by atoms with van der Waals surface area (Å²) in [4.78, 5) is 16.1. The second kappa shape index (κ2) is 5.78. The molecule has 3 heterocycles. The highest BCUT2D eigenvalue weighted by Gasteiger charge is 2.24. The van der Waals surface area contributed by atoms with E-state index in [4.69, 9.17) is 0 Å². The number of fused-ring (bicyclic) bond motifs is 1. The number of benzene rings is 1. The van der Waals surface area contributed by atoms with Crippen LogP contribution in [0.3, 0.4) is 0 Å². The Morgan fingerprint density at radius 2 is 1.96 bits per heavy atom. The van der Waals surface area contributed by atoms with Crippen molar-refractivity contribution in [2.45, 2.75) is 6.92 Å². The smallest absolute Gasteiger partial charge is 0.348 e. The average Bonchev–Trinajstić information content (AvgIpc) is 3.15. The van der Waals surface area contributed by atoms with Crippen molar-refractivity contribution in [3.8, 4) is 21.8 Å². The van der Waals surface area contributed by atoms with Crippen molar-refractivity contribution in [2.75, 3.05) is 0 Å². The van der Waals surface area contributed by atoms with E-state index in [1.165, 1.54) is 12.1 Å². The lowest BCUT2D eigenvalue weighted by molar-refractivity contribution is 0.0702. The SMILES string of the molecule is Cc1nn2ccccc2c1-c1nc(-c2ccccc2F)c(C(=O)O)s1. The van der Waals surface area contributed by atoms with E-state index in [0.29, 0.717) is 5.01 Å². The lowest BCUT2D eigenvalue weighted by Crippen LogP contribution is -1.96. The minimum Gasteiger partial charge on any atom is -0.477 e. The van der Waals surface area contributed by atoms with Crippen LogP contribution in [-0.2, 0) is 0 Å². The number of carboxylic acids is 1. The van der Waals surface area contributed by atoms with Gasteiger partial charge in [0.25, 0.3) is 0 Å². The van der Waals surface area contributed by atoms with Gasteiger partial charge < -0.3 is 5.11 Å². The molecule has 4 aromatic rings. The van der Waals surface area contributed by atoms with E-state index in [1.54, 1.807) is 16.6 Å². The van der Waals surface area contributed by atoms with Gasteiger partial charge in [0.2, 0.25) is 0 Å². The number of halogens is 1. The summed E-state index contributed by atoms with van der Waals surface area (Å²) in [5.41, 5.74) is 2.63. The Kier molecular flexibility index (Phi) is 3.58. The van der Waals surface area contributed by atoms with Crippen LogP contribution in [0.15, 0.2) is 48.7 Å². The van der Waals surface area contributed by atoms with Crippen LogP contribution in [0.4, 0.5) is 4.39 Å². The van der Waals surface area contributed by atoms with Crippen molar-refractivity contribution >= 4 is 22.8 Å². The molecular weight excluding hydrogens is 341 g/mol. The maximum atomic E-state index is 14.2. The number of aromatic carboxylic acids is 1. The molecule has 7 heteroatoms. The Morgan fingerprint density at radius 1 is 1.20 bits per heavy atom. The minimum absolute atomic E-state index is 0.00906. The van der Waals surface area contributed by atoms with Crippen LogP contribution in [0, 0.1) is 12.7 Å². The molecule has 124 valence electrons. The van der Waals surface area contributed by atoms with Crippen LogP contribution in [0.25, 0.3) is 27.3 Å². The van der Waals surface area contributed by atoms with Gasteiger partial charge in [-0.05, 0) is 31.2 Å². The highest BCUT2D eigenvalue weighted by molar-refractivity contribution is 7.17. The monoisotopic (exact) mass is 353 g/mol. The Morgan fingerprint density at radius 3 is 2.72 bits per heavy atom. The van der Waals surface area contributed by atoms with Crippen LogP contribution in [-0.4, -0.2) is 25.7 Å². The van der Waals surface area contributed by atoms with Crippen molar-refractivity contribution in [1.29, 1.82) is 0 Å². The maximum Gasteiger partial charge on any atom is 0.348 e. The molecule has 0 aliphatic carbocycles. The number of pyridine rings is 1. The first-order valence-electron chi connectivity index (χ1n) is 7.49. The molecule has 0 atom stereocenters. The highest BCUT2D eigenvalue weighted by atomic mass is 32.1. The lowest BCUT2D eigenvalue weighted by Gasteiger charge is -2.00. The summed E-state index contributed by atoms with van der Waals surface area (Å²) in [6, 6.07) is 11.7. The summed E-state index contributed by atoms with van der Waals surface area (Å²) in [6.45, 7) is 1.84. The van der Waals surface area contributed by atoms with Crippen molar-refractivity contribution in [1.82, 2.24) is 14.6 Å². The molecule has 5 nitrogen and oxygen atoms in total. The van der Waals surface area contributed by atoms with Gasteiger partial charge in [0.15, 0.2) is 0 Å². The lowest BCUT2D eigenvalue weighted by atomic mass is 10.1. The fourth-order valence-corrected chi connectivity index (χ4v) is 3.81. The molecule has 0 aliphatic heterocycles. The molecule has 0 saturated heterocycles. The van der Waals surface area contributed by atoms with Crippen LogP contribution < -0.4 is 0 Å². The summed E-state index contributed by atoms with van der Waals surface area (Å²) >= 11 is 1.03. The number of hydrogen-bond donors (Lipinski definition) is 1. The largest absolute Gasteiger partial charge is 0.477 e. The van der Waals surface area contributed by atoms with Crippen LogP contribution in [0.5, 0.6) is 0 Å². The zero-order valence-electron chi connectivity index (χ0n) is 13.1. The van der Waals surface area contributed by atoms with Crippen LogP contribution in [0.1, 0.15) is 15.4 Å². The quantitative estimate of drug-likeness (QED) is 0.597. The number of thiazole rings is 1. The third-order valence-electron chi connectivity index (χ3n) is 3.88. The topological polar surface area (TPSA) is 67.5 Å². The molecular formula is C18H12FN3O2S. The van der Waals surface area contributed by atoms with E-state index in [9.17, 15) is 14.3 Å². The van der Waals surface area contributed by atoms with E-state index in [1.807, 2.05) is 31.3 Å². The first-order valence-corrected chi connectivity index (χ1v) is 8.31. The van der Waals surface area contributed by atoms with Gasteiger partial charge >= 0.3 is 5.97 Å². The van der Waals surface area contributed by atoms with E-state index in [-0.39, 0.29) is 16.1 Å². The van der Waals surface area contributed by atoms with E-state index in [2.05, 4.69) is 10.1 Å². The number of aryl methyl sites for hydroxylation is 1. The molecule has 0 fully saturated rings. The predicted octanol–water partition coefficient (Wildman–Crippen LogP) is 4.27. The fourth-order valence-electron chi connectivity index (χ4n) is 2.79. The first kappa shape index (κ1) is 15.5. The summed E-state index contributed by atoms with van der Waals surface area (Å²) in [7, 11) is 0. The van der Waals surface area contributed by atoms with Crippen LogP contribution >= 0.6 is 11.3 Å². The number of carbonyl (C=O) groups is 1. The van der Waals surface area contributed by atoms with E-state index < -0.39 is 11.8 Å². The molecule has 4 rings (SSSR count). The Balaban J connectivity index is 1.98. The molecule has 0 aliphatic rings. The molecule has 0 amide bonds. The van der Waals surface area contributed by atoms with Crippen molar-refractivity contribution in [2.24, 2.45) is 0 Å². The Hall–Kier alpha value is -3.06. The third kappa shape index (κ3) is 2.49. The van der Waals surface area contributed by atoms with Gasteiger partial charge in [-0.1, -0.05) is 18.2 Å². The molecule has 3 aromatic heterocycles. The summed E-state index contributed by atoms with van der Waals surface area (Å²) in [6.07, 6.45) is 1.81. The summed E-state index contributed by atoms with van der Waals surface area (Å²) < 4.78 is 15.9. The summed E-state index contributed by atoms with van der Waals surface area (Å²) in [5.74, 6) is -1.63. The maximum absolute atomic E-state index is 14.2. The minimum atomic E-state index is -1.13. The van der Waals surface area contributed by atoms with Crippen LogP contribution in [0.2, 0.25) is 0 Å². The second-order valence-corrected chi connectivity index (χ2v) is 6.47. The summed E-state index contributed by atoms with van der Waals surface area (Å²) in [5, 5.41) is 14.5. The number of carboxylic acid groups (broad SMARTS) is 1. The third-order valence-corrected chi connectivity index (χ3v) is 4.94. The van der Waals surface area contributed by atoms with Crippen molar-refractivity contribution in [3.05, 3.63) is 65.0 Å². The number of aromatic nitrogens is 3. The second-order valence-electron chi connectivity index (χ2n) is 5.47. The van der Waals surface area contributed by atoms with Gasteiger partial charge in [-0.3, -0.25) is 0 Å². The first-order chi connectivity index (χ1) is 12.1. The number of rotatable bonds is 3. The van der Waals surface area contributed by atoms with E-state index in [0.717, 1.165) is 28.1 Å². The molecule has 0 bridgehead atoms. The standard InChI is InChI=1S/C18H12FN3O2S/c1-10-14(13-8-4-5-9-22(13)21-10)17-20-15(16(25-17)18(23)24)11-6-2-3-7-12(11)19/h2-9H,1H3,(H,23,24). The highest BCUT2D eigenvalue weighted by Crippen LogP contribution is 2.37. The Bertz CT molecular complexity index is 1120. The average molecular weight is 353 g/mol. The molecule has 25 heavy (non-hydrogen) atoms. The molecule has 1 N–H and O–H groups in total. The van der Waals surface area contributed by atoms with Crippen molar-refractivity contribution < 1.29 is 14.3 Å². The van der Waals surface area contributed by atoms with Crippen molar-refractivity contribution in [3.63, 3.8) is 0 Å². The normalized spacial score (nSPS) is 11.1. The Labute approximate surface area is 146 Å². The van der Waals surface area contributed by atoms with Gasteiger partial charge in [0.1, 0.15) is 15.7 Å².